The van der Waals surface area contributed by atoms with Crippen molar-refractivity contribution in [1.82, 2.24) is 4.98 Å². The third kappa shape index (κ3) is 1.34. The van der Waals surface area contributed by atoms with Crippen molar-refractivity contribution in [2.24, 2.45) is 0 Å². The quantitative estimate of drug-likeness (QED) is 0.440. The fourth-order valence-corrected chi connectivity index (χ4v) is 1.77. The number of anilines is 2. The van der Waals surface area contributed by atoms with Crippen LogP contribution in [0.25, 0.3) is 21.8 Å². The molecule has 0 aliphatic heterocycles. The number of nitrogens with zero attached hydrogens (tertiary/aromatic N) is 1. The number of fused-ring (bicyclic) bond motifs is 2. The summed E-state index contributed by atoms with van der Waals surface area (Å²) in [5, 5.41) is 1.93. The number of rotatable bonds is 0. The Morgan fingerprint density at radius 3 is 1.81 bits per heavy atom. The number of hydrogen-bond acceptors (Lipinski definition) is 3. The van der Waals surface area contributed by atoms with Crippen LogP contribution in [0.15, 0.2) is 36.4 Å². The second-order valence-electron chi connectivity index (χ2n) is 3.79. The van der Waals surface area contributed by atoms with Gasteiger partial charge in [0.1, 0.15) is 0 Å². The number of pyridine rings is 1. The van der Waals surface area contributed by atoms with Crippen molar-refractivity contribution in [2.75, 3.05) is 11.5 Å². The Morgan fingerprint density at radius 1 is 0.812 bits per heavy atom. The van der Waals surface area contributed by atoms with Gasteiger partial charge >= 0.3 is 0 Å². The highest BCUT2D eigenvalue weighted by Crippen LogP contribution is 2.22. The van der Waals surface area contributed by atoms with Crippen molar-refractivity contribution in [1.29, 1.82) is 0 Å². The lowest BCUT2D eigenvalue weighted by molar-refractivity contribution is 1.49. The molecule has 0 saturated heterocycles. The Bertz CT molecular complexity index is 632. The summed E-state index contributed by atoms with van der Waals surface area (Å²) in [4.78, 5) is 4.51. The molecule has 77 valence electrons. The van der Waals surface area contributed by atoms with E-state index >= 15 is 0 Å². The third-order valence-electron chi connectivity index (χ3n) is 2.55. The van der Waals surface area contributed by atoms with Crippen molar-refractivity contribution in [3.63, 3.8) is 0 Å². The normalized spacial score (nSPS) is 11.0. The van der Waals surface area contributed by atoms with Gasteiger partial charge in [-0.25, -0.2) is 4.98 Å². The maximum absolute atomic E-state index is 5.72. The lowest BCUT2D eigenvalue weighted by Crippen LogP contribution is -1.89. The van der Waals surface area contributed by atoms with Gasteiger partial charge < -0.3 is 11.5 Å². The van der Waals surface area contributed by atoms with E-state index in [-0.39, 0.29) is 0 Å². The molecule has 3 aromatic rings. The highest BCUT2D eigenvalue weighted by molar-refractivity contribution is 5.93. The van der Waals surface area contributed by atoms with Crippen molar-refractivity contribution in [3.05, 3.63) is 42.5 Å². The largest absolute Gasteiger partial charge is 0.399 e. The minimum absolute atomic E-state index is 0.705. The number of nitrogen functional groups attached to an aromatic ring is 2. The van der Waals surface area contributed by atoms with Crippen LogP contribution in [0.1, 0.15) is 0 Å². The van der Waals surface area contributed by atoms with Gasteiger partial charge in [0.05, 0.1) is 11.0 Å². The van der Waals surface area contributed by atoms with Crippen LogP contribution < -0.4 is 11.5 Å². The molecule has 0 bridgehead atoms. The SMILES string of the molecule is Nc1ccc2[c]c3ccc(N)cc3nc2c1. The molecule has 0 aliphatic carbocycles. The first-order chi connectivity index (χ1) is 7.72. The highest BCUT2D eigenvalue weighted by Gasteiger charge is 2.01. The molecule has 1 heterocycles. The Morgan fingerprint density at radius 2 is 1.31 bits per heavy atom. The first-order valence-electron chi connectivity index (χ1n) is 5.00. The van der Waals surface area contributed by atoms with Crippen LogP contribution in [0.2, 0.25) is 0 Å². The van der Waals surface area contributed by atoms with Crippen LogP contribution in [-0.2, 0) is 0 Å². The molecule has 0 spiro atoms. The van der Waals surface area contributed by atoms with Gasteiger partial charge in [0.25, 0.3) is 0 Å². The Labute approximate surface area is 92.7 Å². The Kier molecular flexibility index (Phi) is 1.74. The molecule has 0 saturated carbocycles. The zero-order valence-corrected chi connectivity index (χ0v) is 8.57. The average molecular weight is 208 g/mol. The van der Waals surface area contributed by atoms with Crippen molar-refractivity contribution in [2.45, 2.75) is 0 Å². The predicted molar refractivity (Wildman–Crippen MR) is 66.9 cm³/mol. The van der Waals surface area contributed by atoms with Crippen molar-refractivity contribution >= 4 is 33.2 Å². The van der Waals surface area contributed by atoms with Gasteiger partial charge in [0, 0.05) is 28.2 Å². The summed E-state index contributed by atoms with van der Waals surface area (Å²) in [6, 6.07) is 14.5. The Hall–Kier alpha value is -2.29. The summed E-state index contributed by atoms with van der Waals surface area (Å²) in [5.41, 5.74) is 14.5. The van der Waals surface area contributed by atoms with Crippen LogP contribution in [-0.4, -0.2) is 4.98 Å². The molecular weight excluding hydrogens is 198 g/mol. The van der Waals surface area contributed by atoms with Gasteiger partial charge in [-0.3, -0.25) is 0 Å². The molecule has 3 heteroatoms. The molecule has 0 unspecified atom stereocenters. The van der Waals surface area contributed by atoms with E-state index in [4.69, 9.17) is 11.5 Å². The molecule has 3 nitrogen and oxygen atoms in total. The standard InChI is InChI=1S/C13H10N3/c14-10-3-1-8-5-9-2-4-11(15)7-13(9)16-12(8)6-10/h1-4,6-7H,14-15H2. The van der Waals surface area contributed by atoms with Gasteiger partial charge in [-0.05, 0) is 24.3 Å². The summed E-state index contributed by atoms with van der Waals surface area (Å²) >= 11 is 0. The van der Waals surface area contributed by atoms with Gasteiger partial charge in [0.15, 0.2) is 0 Å². The molecule has 4 N–H and O–H groups in total. The zero-order chi connectivity index (χ0) is 11.1. The lowest BCUT2D eigenvalue weighted by atomic mass is 10.1. The van der Waals surface area contributed by atoms with Crippen LogP contribution in [0.3, 0.4) is 0 Å². The fraction of sp³-hybridized carbons (Fsp3) is 0. The molecular formula is C13H10N3. The summed E-state index contributed by atoms with van der Waals surface area (Å²) in [6.07, 6.45) is 0. The van der Waals surface area contributed by atoms with Gasteiger partial charge in [-0.1, -0.05) is 12.1 Å². The van der Waals surface area contributed by atoms with Crippen LogP contribution in [0.5, 0.6) is 0 Å². The summed E-state index contributed by atoms with van der Waals surface area (Å²) < 4.78 is 0. The maximum Gasteiger partial charge on any atom is 0.0736 e. The van der Waals surface area contributed by atoms with Crippen LogP contribution in [0.4, 0.5) is 11.4 Å². The summed E-state index contributed by atoms with van der Waals surface area (Å²) in [6.45, 7) is 0. The van der Waals surface area contributed by atoms with Gasteiger partial charge in [0.2, 0.25) is 0 Å². The lowest BCUT2D eigenvalue weighted by Gasteiger charge is -2.02. The second-order valence-corrected chi connectivity index (χ2v) is 3.79. The highest BCUT2D eigenvalue weighted by atomic mass is 14.7. The summed E-state index contributed by atoms with van der Waals surface area (Å²) in [5.74, 6) is 0. The van der Waals surface area contributed by atoms with E-state index in [2.05, 4.69) is 11.1 Å². The van der Waals surface area contributed by atoms with E-state index in [1.54, 1.807) is 0 Å². The molecule has 0 amide bonds. The number of aromatic nitrogens is 1. The van der Waals surface area contributed by atoms with Crippen molar-refractivity contribution < 1.29 is 0 Å². The van der Waals surface area contributed by atoms with Gasteiger partial charge in [-0.15, -0.1) is 0 Å². The molecule has 2 aromatic carbocycles. The minimum Gasteiger partial charge on any atom is -0.399 e. The van der Waals surface area contributed by atoms with Gasteiger partial charge in [-0.2, -0.15) is 0 Å². The van der Waals surface area contributed by atoms with Crippen LogP contribution in [0, 0.1) is 6.07 Å². The zero-order valence-electron chi connectivity index (χ0n) is 8.57. The second kappa shape index (κ2) is 3.10. The summed E-state index contributed by atoms with van der Waals surface area (Å²) in [7, 11) is 0. The topological polar surface area (TPSA) is 64.9 Å². The molecule has 1 radical (unpaired) electrons. The van der Waals surface area contributed by atoms with E-state index in [9.17, 15) is 0 Å². The monoisotopic (exact) mass is 208 g/mol. The minimum atomic E-state index is 0.705. The molecule has 0 fully saturated rings. The van der Waals surface area contributed by atoms with Crippen LogP contribution >= 0.6 is 0 Å². The van der Waals surface area contributed by atoms with E-state index in [1.165, 1.54) is 0 Å². The maximum atomic E-state index is 5.72. The molecule has 0 atom stereocenters. The molecule has 0 aliphatic rings. The van der Waals surface area contributed by atoms with E-state index in [0.717, 1.165) is 21.8 Å². The fourth-order valence-electron chi connectivity index (χ4n) is 1.77. The smallest absolute Gasteiger partial charge is 0.0736 e. The van der Waals surface area contributed by atoms with E-state index < -0.39 is 0 Å². The third-order valence-corrected chi connectivity index (χ3v) is 2.55. The number of benzene rings is 2. The molecule has 1 aromatic heterocycles. The van der Waals surface area contributed by atoms with Crippen molar-refractivity contribution in [3.8, 4) is 0 Å². The number of nitrogens with two attached hydrogens (primary N) is 2. The molecule has 16 heavy (non-hydrogen) atoms. The van der Waals surface area contributed by atoms with E-state index in [1.807, 2.05) is 36.4 Å². The first-order valence-corrected chi connectivity index (χ1v) is 5.00. The predicted octanol–water partition coefficient (Wildman–Crippen LogP) is 2.35. The van der Waals surface area contributed by atoms with E-state index in [0.29, 0.717) is 11.4 Å². The average Bonchev–Trinajstić information content (AvgIpc) is 2.26. The Balaban J connectivity index is 2.44. The molecule has 3 rings (SSSR count). The first kappa shape index (κ1) is 8.97. The number of hydrogen-bond donors (Lipinski definition) is 2.